The number of benzene rings is 3. The second kappa shape index (κ2) is 10.9. The molecule has 33 heavy (non-hydrogen) atoms. The molecule has 1 fully saturated rings. The molecule has 1 atom stereocenters. The molecule has 0 amide bonds. The SMILES string of the molecule is CCC.Cc1ccc(NSc2ccc(N3CCS3=O)cc2)cc1-c1nccc2ccccc12. The Bertz CT molecular complexity index is 1250. The predicted octanol–water partition coefficient (Wildman–Crippen LogP) is 7.23. The van der Waals surface area contributed by atoms with Gasteiger partial charge < -0.3 is 4.72 Å². The van der Waals surface area contributed by atoms with Gasteiger partial charge in [-0.25, -0.2) is 4.21 Å². The van der Waals surface area contributed by atoms with E-state index < -0.39 is 11.0 Å². The van der Waals surface area contributed by atoms with Gasteiger partial charge in [-0.15, -0.1) is 0 Å². The van der Waals surface area contributed by atoms with Crippen molar-refractivity contribution in [2.24, 2.45) is 0 Å². The van der Waals surface area contributed by atoms with Crippen LogP contribution in [0.5, 0.6) is 0 Å². The lowest BCUT2D eigenvalue weighted by atomic mass is 10.00. The highest BCUT2D eigenvalue weighted by Crippen LogP contribution is 2.32. The maximum atomic E-state index is 11.7. The number of nitrogens with one attached hydrogen (secondary N) is 1. The number of hydrogen-bond donors (Lipinski definition) is 1. The highest BCUT2D eigenvalue weighted by molar-refractivity contribution is 8.00. The Morgan fingerprint density at radius 3 is 2.48 bits per heavy atom. The van der Waals surface area contributed by atoms with E-state index in [4.69, 9.17) is 0 Å². The van der Waals surface area contributed by atoms with Crippen LogP contribution in [-0.4, -0.2) is 21.5 Å². The van der Waals surface area contributed by atoms with Gasteiger partial charge in [-0.05, 0) is 72.3 Å². The zero-order valence-electron chi connectivity index (χ0n) is 19.2. The summed E-state index contributed by atoms with van der Waals surface area (Å²) in [4.78, 5) is 5.79. The highest BCUT2D eigenvalue weighted by atomic mass is 32.2. The fourth-order valence-electron chi connectivity index (χ4n) is 3.58. The molecule has 4 nitrogen and oxygen atoms in total. The number of nitrogens with zero attached hydrogens (tertiary/aromatic N) is 2. The van der Waals surface area contributed by atoms with E-state index in [9.17, 15) is 4.21 Å². The summed E-state index contributed by atoms with van der Waals surface area (Å²) in [7, 11) is -0.849. The van der Waals surface area contributed by atoms with Crippen LogP contribution in [0, 0.1) is 6.92 Å². The first-order valence-corrected chi connectivity index (χ1v) is 13.3. The normalized spacial score (nSPS) is 14.9. The van der Waals surface area contributed by atoms with Crippen molar-refractivity contribution in [3.8, 4) is 11.3 Å². The van der Waals surface area contributed by atoms with Gasteiger partial charge in [0.15, 0.2) is 0 Å². The lowest BCUT2D eigenvalue weighted by Gasteiger charge is -2.31. The van der Waals surface area contributed by atoms with Crippen LogP contribution in [0.4, 0.5) is 11.4 Å². The van der Waals surface area contributed by atoms with Gasteiger partial charge in [-0.3, -0.25) is 9.29 Å². The molecule has 4 aromatic rings. The summed E-state index contributed by atoms with van der Waals surface area (Å²) in [5, 5.41) is 2.35. The lowest BCUT2D eigenvalue weighted by molar-refractivity contribution is 0.670. The van der Waals surface area contributed by atoms with Crippen LogP contribution >= 0.6 is 11.9 Å². The minimum atomic E-state index is -0.849. The molecule has 6 heteroatoms. The van der Waals surface area contributed by atoms with E-state index in [0.717, 1.165) is 45.2 Å². The van der Waals surface area contributed by atoms with E-state index in [1.165, 1.54) is 17.4 Å². The van der Waals surface area contributed by atoms with Crippen molar-refractivity contribution in [1.29, 1.82) is 0 Å². The molecule has 1 aliphatic rings. The Morgan fingerprint density at radius 1 is 1.03 bits per heavy atom. The number of aromatic nitrogens is 1. The minimum absolute atomic E-state index is 0.763. The molecule has 1 unspecified atom stereocenters. The molecule has 0 aliphatic carbocycles. The van der Waals surface area contributed by atoms with E-state index in [1.54, 1.807) is 11.9 Å². The number of fused-ring (bicyclic) bond motifs is 1. The lowest BCUT2D eigenvalue weighted by Crippen LogP contribution is -2.42. The molecule has 1 aliphatic heterocycles. The Kier molecular flexibility index (Phi) is 7.68. The Balaban J connectivity index is 0.000000821. The van der Waals surface area contributed by atoms with Crippen molar-refractivity contribution >= 4 is 45.1 Å². The van der Waals surface area contributed by atoms with Crippen molar-refractivity contribution < 1.29 is 4.21 Å². The molecule has 1 N–H and O–H groups in total. The second-order valence-electron chi connectivity index (χ2n) is 7.94. The van der Waals surface area contributed by atoms with E-state index >= 15 is 0 Å². The largest absolute Gasteiger partial charge is 0.326 e. The average Bonchev–Trinajstić information content (AvgIpc) is 2.84. The van der Waals surface area contributed by atoms with Gasteiger partial charge in [0.1, 0.15) is 11.0 Å². The summed E-state index contributed by atoms with van der Waals surface area (Å²) in [5.41, 5.74) is 5.38. The van der Waals surface area contributed by atoms with Crippen molar-refractivity contribution in [2.45, 2.75) is 32.1 Å². The van der Waals surface area contributed by atoms with Crippen molar-refractivity contribution in [3.63, 3.8) is 0 Å². The second-order valence-corrected chi connectivity index (χ2v) is 10.3. The predicted molar refractivity (Wildman–Crippen MR) is 144 cm³/mol. The molecule has 3 aromatic carbocycles. The third-order valence-electron chi connectivity index (χ3n) is 5.29. The molecule has 0 saturated carbocycles. The van der Waals surface area contributed by atoms with Gasteiger partial charge in [0.05, 0.1) is 11.4 Å². The maximum Gasteiger partial charge on any atom is 0.121 e. The standard InChI is InChI=1S/C24H21N3OS2.C3H8/c1-17-6-7-19(16-23(17)24-22-5-3-2-4-18(22)12-13-25-24)26-29-21-10-8-20(9-11-21)27-14-15-30(27)28;1-3-2/h2-13,16,26H,14-15H2,1H3;3H2,1-2H3. The first-order chi connectivity index (χ1) is 16.1. The van der Waals surface area contributed by atoms with Crippen LogP contribution in [-0.2, 0) is 11.0 Å². The molecular weight excluding hydrogens is 446 g/mol. The zero-order chi connectivity index (χ0) is 23.2. The van der Waals surface area contributed by atoms with Crippen LogP contribution in [0.2, 0.25) is 0 Å². The molecule has 2 heterocycles. The highest BCUT2D eigenvalue weighted by Gasteiger charge is 2.23. The zero-order valence-corrected chi connectivity index (χ0v) is 20.9. The number of anilines is 2. The third kappa shape index (κ3) is 5.40. The van der Waals surface area contributed by atoms with E-state index in [-0.39, 0.29) is 0 Å². The molecule has 170 valence electrons. The van der Waals surface area contributed by atoms with Crippen LogP contribution in [0.3, 0.4) is 0 Å². The minimum Gasteiger partial charge on any atom is -0.326 e. The maximum absolute atomic E-state index is 11.7. The molecule has 1 saturated heterocycles. The number of aryl methyl sites for hydroxylation is 1. The van der Waals surface area contributed by atoms with Crippen LogP contribution in [0.1, 0.15) is 25.8 Å². The van der Waals surface area contributed by atoms with Gasteiger partial charge in [0, 0.05) is 40.0 Å². The molecule has 0 bridgehead atoms. The number of hydrogen-bond acceptors (Lipinski definition) is 4. The van der Waals surface area contributed by atoms with Gasteiger partial charge in [0.25, 0.3) is 0 Å². The topological polar surface area (TPSA) is 45.2 Å². The quantitative estimate of drug-likeness (QED) is 0.309. The molecular formula is C27H29N3OS2. The van der Waals surface area contributed by atoms with Gasteiger partial charge in [-0.1, -0.05) is 50.6 Å². The van der Waals surface area contributed by atoms with Gasteiger partial charge in [-0.2, -0.15) is 0 Å². The molecule has 0 radical (unpaired) electrons. The smallest absolute Gasteiger partial charge is 0.121 e. The van der Waals surface area contributed by atoms with Crippen LogP contribution < -0.4 is 9.03 Å². The third-order valence-corrected chi connectivity index (χ3v) is 7.56. The summed E-state index contributed by atoms with van der Waals surface area (Å²) in [5.74, 6) is 0.763. The first kappa shape index (κ1) is 23.3. The summed E-state index contributed by atoms with van der Waals surface area (Å²) >= 11 is 1.57. The fourth-order valence-corrected chi connectivity index (χ4v) is 5.08. The summed E-state index contributed by atoms with van der Waals surface area (Å²) in [6, 6.07) is 25.0. The van der Waals surface area contributed by atoms with Crippen molar-refractivity contribution in [3.05, 3.63) is 84.6 Å². The summed E-state index contributed by atoms with van der Waals surface area (Å²) in [6.07, 6.45) is 3.12. The van der Waals surface area contributed by atoms with Crippen LogP contribution in [0.25, 0.3) is 22.0 Å². The van der Waals surface area contributed by atoms with Crippen molar-refractivity contribution in [1.82, 2.24) is 4.98 Å². The van der Waals surface area contributed by atoms with Crippen molar-refractivity contribution in [2.75, 3.05) is 21.3 Å². The average molecular weight is 476 g/mol. The molecule has 0 spiro atoms. The number of rotatable bonds is 5. The first-order valence-electron chi connectivity index (χ1n) is 11.2. The Labute approximate surface area is 203 Å². The van der Waals surface area contributed by atoms with Gasteiger partial charge >= 0.3 is 0 Å². The van der Waals surface area contributed by atoms with Gasteiger partial charge in [0.2, 0.25) is 0 Å². The summed E-state index contributed by atoms with van der Waals surface area (Å²) < 4.78 is 17.1. The van der Waals surface area contributed by atoms with Crippen LogP contribution in [0.15, 0.2) is 83.9 Å². The molecule has 5 rings (SSSR count). The van der Waals surface area contributed by atoms with E-state index in [0.29, 0.717) is 0 Å². The molecule has 1 aromatic heterocycles. The fraction of sp³-hybridized carbons (Fsp3) is 0.222. The summed E-state index contributed by atoms with van der Waals surface area (Å²) in [6.45, 7) is 7.24. The van der Waals surface area contributed by atoms with E-state index in [1.807, 2.05) is 28.7 Å². The Morgan fingerprint density at radius 2 is 1.79 bits per heavy atom. The van der Waals surface area contributed by atoms with E-state index in [2.05, 4.69) is 85.1 Å². The monoisotopic (exact) mass is 475 g/mol. The Hall–Kier alpha value is -2.83. The number of pyridine rings is 1.